The van der Waals surface area contributed by atoms with E-state index in [1.807, 2.05) is 6.92 Å². The molecule has 0 unspecified atom stereocenters. The largest absolute Gasteiger partial charge is 0.469 e. The summed E-state index contributed by atoms with van der Waals surface area (Å²) in [5, 5.41) is 6.89. The number of nitrogens with one attached hydrogen (secondary N) is 1. The van der Waals surface area contributed by atoms with Crippen molar-refractivity contribution in [3.05, 3.63) is 23.8 Å². The van der Waals surface area contributed by atoms with Gasteiger partial charge >= 0.3 is 5.97 Å². The molecule has 118 valence electrons. The third-order valence-electron chi connectivity index (χ3n) is 3.20. The molecular weight excluding hydrogens is 286 g/mol. The fourth-order valence-corrected chi connectivity index (χ4v) is 1.96. The zero-order valence-corrected chi connectivity index (χ0v) is 12.7. The van der Waals surface area contributed by atoms with Gasteiger partial charge in [0.05, 0.1) is 7.11 Å². The molecule has 0 saturated heterocycles. The molecule has 0 aliphatic carbocycles. The van der Waals surface area contributed by atoms with Gasteiger partial charge in [-0.3, -0.25) is 9.59 Å². The predicted molar refractivity (Wildman–Crippen MR) is 78.3 cm³/mol. The van der Waals surface area contributed by atoms with Crippen LogP contribution in [0.3, 0.4) is 0 Å². The molecule has 0 spiro atoms. The van der Waals surface area contributed by atoms with E-state index in [0.29, 0.717) is 18.7 Å². The number of amides is 1. The van der Waals surface area contributed by atoms with Gasteiger partial charge < -0.3 is 10.1 Å². The maximum atomic E-state index is 12.0. The summed E-state index contributed by atoms with van der Waals surface area (Å²) in [6.45, 7) is 2.38. The van der Waals surface area contributed by atoms with Gasteiger partial charge in [-0.2, -0.15) is 4.98 Å². The molecular formula is C14H19N5O3. The molecule has 2 aromatic heterocycles. The second kappa shape index (κ2) is 7.48. The maximum Gasteiger partial charge on any atom is 0.305 e. The maximum absolute atomic E-state index is 12.0. The van der Waals surface area contributed by atoms with Crippen molar-refractivity contribution in [2.24, 2.45) is 0 Å². The number of fused-ring (bicyclic) bond motifs is 1. The van der Waals surface area contributed by atoms with Crippen molar-refractivity contribution < 1.29 is 14.3 Å². The standard InChI is InChI=1S/C14H19N5O3/c1-10-7-9-16-14-17-12(18-19(10)14)13(21)15-8-5-3-4-6-11(20)22-2/h7,9H,3-6,8H2,1-2H3,(H,15,21). The molecule has 0 aliphatic rings. The van der Waals surface area contributed by atoms with Crippen LogP contribution in [0.5, 0.6) is 0 Å². The molecule has 0 fully saturated rings. The van der Waals surface area contributed by atoms with E-state index in [0.717, 1.165) is 25.0 Å². The Morgan fingerprint density at radius 1 is 1.32 bits per heavy atom. The summed E-state index contributed by atoms with van der Waals surface area (Å²) in [6, 6.07) is 1.80. The highest BCUT2D eigenvalue weighted by Crippen LogP contribution is 2.03. The van der Waals surface area contributed by atoms with Crippen LogP contribution in [0.2, 0.25) is 0 Å². The highest BCUT2D eigenvalue weighted by molar-refractivity contribution is 5.90. The number of rotatable bonds is 7. The van der Waals surface area contributed by atoms with E-state index in [-0.39, 0.29) is 17.7 Å². The highest BCUT2D eigenvalue weighted by atomic mass is 16.5. The molecule has 8 heteroatoms. The minimum Gasteiger partial charge on any atom is -0.469 e. The van der Waals surface area contributed by atoms with E-state index in [9.17, 15) is 9.59 Å². The first kappa shape index (κ1) is 15.9. The molecule has 0 aromatic carbocycles. The van der Waals surface area contributed by atoms with Gasteiger partial charge in [0, 0.05) is 24.9 Å². The molecule has 0 saturated carbocycles. The molecule has 0 bridgehead atoms. The first-order valence-corrected chi connectivity index (χ1v) is 7.15. The smallest absolute Gasteiger partial charge is 0.305 e. The van der Waals surface area contributed by atoms with Crippen LogP contribution in [0.4, 0.5) is 0 Å². The Morgan fingerprint density at radius 2 is 2.14 bits per heavy atom. The minimum atomic E-state index is -0.321. The van der Waals surface area contributed by atoms with Crippen LogP contribution in [0.1, 0.15) is 42.0 Å². The molecule has 8 nitrogen and oxygen atoms in total. The van der Waals surface area contributed by atoms with Gasteiger partial charge in [0.25, 0.3) is 11.7 Å². The number of carbonyl (C=O) groups excluding carboxylic acids is 2. The first-order valence-electron chi connectivity index (χ1n) is 7.15. The Labute approximate surface area is 127 Å². The zero-order chi connectivity index (χ0) is 15.9. The molecule has 0 radical (unpaired) electrons. The lowest BCUT2D eigenvalue weighted by molar-refractivity contribution is -0.140. The van der Waals surface area contributed by atoms with Crippen LogP contribution >= 0.6 is 0 Å². The molecule has 2 rings (SSSR count). The summed E-state index contributed by atoms with van der Waals surface area (Å²) in [7, 11) is 1.38. The van der Waals surface area contributed by atoms with Crippen molar-refractivity contribution in [2.45, 2.75) is 32.6 Å². The monoisotopic (exact) mass is 305 g/mol. The van der Waals surface area contributed by atoms with Crippen LogP contribution in [0, 0.1) is 6.92 Å². The summed E-state index contributed by atoms with van der Waals surface area (Å²) in [6.07, 6.45) is 4.41. The predicted octanol–water partition coefficient (Wildman–Crippen LogP) is 0.896. The Hall–Kier alpha value is -2.51. The van der Waals surface area contributed by atoms with E-state index < -0.39 is 0 Å². The summed E-state index contributed by atoms with van der Waals surface area (Å²) < 4.78 is 6.09. The highest BCUT2D eigenvalue weighted by Gasteiger charge is 2.13. The lowest BCUT2D eigenvalue weighted by atomic mass is 10.2. The summed E-state index contributed by atoms with van der Waals surface area (Å²) in [5.74, 6) is -0.0155. The topological polar surface area (TPSA) is 98.5 Å². The number of hydrogen-bond acceptors (Lipinski definition) is 6. The summed E-state index contributed by atoms with van der Waals surface area (Å²) in [5.41, 5.74) is 0.861. The fourth-order valence-electron chi connectivity index (χ4n) is 1.96. The lowest BCUT2D eigenvalue weighted by Crippen LogP contribution is -2.25. The number of hydrogen-bond donors (Lipinski definition) is 1. The van der Waals surface area contributed by atoms with Crippen molar-refractivity contribution in [1.29, 1.82) is 0 Å². The van der Waals surface area contributed by atoms with Gasteiger partial charge in [0.2, 0.25) is 5.82 Å². The second-order valence-electron chi connectivity index (χ2n) is 4.88. The molecule has 1 N–H and O–H groups in total. The number of methoxy groups -OCH3 is 1. The van der Waals surface area contributed by atoms with Gasteiger partial charge in [-0.1, -0.05) is 6.42 Å². The number of ether oxygens (including phenoxy) is 1. The first-order chi connectivity index (χ1) is 10.6. The van der Waals surface area contributed by atoms with Crippen LogP contribution in [0.25, 0.3) is 5.78 Å². The number of unbranched alkanes of at least 4 members (excludes halogenated alkanes) is 2. The van der Waals surface area contributed by atoms with E-state index >= 15 is 0 Å². The summed E-state index contributed by atoms with van der Waals surface area (Å²) in [4.78, 5) is 31.0. The number of nitrogens with zero attached hydrogens (tertiary/aromatic N) is 4. The van der Waals surface area contributed by atoms with Gasteiger partial charge in [0.15, 0.2) is 0 Å². The van der Waals surface area contributed by atoms with E-state index in [4.69, 9.17) is 0 Å². The zero-order valence-electron chi connectivity index (χ0n) is 12.7. The quantitative estimate of drug-likeness (QED) is 0.602. The Balaban J connectivity index is 1.77. The van der Waals surface area contributed by atoms with Gasteiger partial charge in [-0.15, -0.1) is 5.10 Å². The lowest BCUT2D eigenvalue weighted by Gasteiger charge is -2.02. The van der Waals surface area contributed by atoms with Crippen LogP contribution in [0.15, 0.2) is 12.3 Å². The number of aromatic nitrogens is 4. The normalized spacial score (nSPS) is 10.6. The third kappa shape index (κ3) is 4.00. The minimum absolute atomic E-state index is 0.108. The van der Waals surface area contributed by atoms with E-state index in [2.05, 4.69) is 25.1 Å². The van der Waals surface area contributed by atoms with Crippen molar-refractivity contribution in [3.8, 4) is 0 Å². The molecule has 0 aliphatic heterocycles. The number of esters is 1. The third-order valence-corrected chi connectivity index (χ3v) is 3.20. The van der Waals surface area contributed by atoms with Gasteiger partial charge in [-0.05, 0) is 25.8 Å². The van der Waals surface area contributed by atoms with Crippen molar-refractivity contribution >= 4 is 17.7 Å². The fraction of sp³-hybridized carbons (Fsp3) is 0.500. The van der Waals surface area contributed by atoms with E-state index in [1.165, 1.54) is 11.6 Å². The van der Waals surface area contributed by atoms with Crippen molar-refractivity contribution in [2.75, 3.05) is 13.7 Å². The van der Waals surface area contributed by atoms with Crippen LogP contribution < -0.4 is 5.32 Å². The molecule has 1 amide bonds. The number of aryl methyl sites for hydroxylation is 1. The molecule has 2 aromatic rings. The second-order valence-corrected chi connectivity index (χ2v) is 4.88. The Kier molecular flexibility index (Phi) is 5.40. The molecule has 0 atom stereocenters. The van der Waals surface area contributed by atoms with Crippen LogP contribution in [-0.4, -0.2) is 45.1 Å². The van der Waals surface area contributed by atoms with Gasteiger partial charge in [-0.25, -0.2) is 9.50 Å². The Bertz CT molecular complexity index is 668. The van der Waals surface area contributed by atoms with Gasteiger partial charge in [0.1, 0.15) is 0 Å². The average Bonchev–Trinajstić information content (AvgIpc) is 2.96. The van der Waals surface area contributed by atoms with Crippen LogP contribution in [-0.2, 0) is 9.53 Å². The summed E-state index contributed by atoms with van der Waals surface area (Å²) >= 11 is 0. The Morgan fingerprint density at radius 3 is 2.86 bits per heavy atom. The SMILES string of the molecule is COC(=O)CCCCCNC(=O)c1nc2nccc(C)n2n1. The number of carbonyl (C=O) groups is 2. The van der Waals surface area contributed by atoms with Crippen molar-refractivity contribution in [1.82, 2.24) is 24.9 Å². The average molecular weight is 305 g/mol. The van der Waals surface area contributed by atoms with Crippen molar-refractivity contribution in [3.63, 3.8) is 0 Å². The molecule has 2 heterocycles. The van der Waals surface area contributed by atoms with E-state index in [1.54, 1.807) is 12.3 Å². The molecule has 22 heavy (non-hydrogen) atoms.